The van der Waals surface area contributed by atoms with Gasteiger partial charge in [-0.1, -0.05) is 12.8 Å². The predicted molar refractivity (Wildman–Crippen MR) is 52.3 cm³/mol. The number of hydrogen-bond donors (Lipinski definition) is 0. The Morgan fingerprint density at radius 1 is 1.24 bits per heavy atom. The molecule has 100 valence electrons. The highest BCUT2D eigenvalue weighted by molar-refractivity contribution is 7.96. The van der Waals surface area contributed by atoms with E-state index in [4.69, 9.17) is 0 Å². The van der Waals surface area contributed by atoms with Gasteiger partial charge in [-0.25, -0.2) is 4.79 Å². The fourth-order valence-corrected chi connectivity index (χ4v) is 1.90. The third-order valence-corrected chi connectivity index (χ3v) is 2.98. The molecule has 0 N–H and O–H groups in total. The molecule has 5 nitrogen and oxygen atoms in total. The average molecular weight is 271 g/mol. The second-order valence-corrected chi connectivity index (χ2v) is 4.57. The smallest absolute Gasteiger partial charge is 0.415 e. The highest BCUT2D eigenvalue weighted by Crippen LogP contribution is 2.32. The van der Waals surface area contributed by atoms with Crippen molar-refractivity contribution in [3.05, 3.63) is 0 Å². The molecule has 0 atom stereocenters. The van der Waals surface area contributed by atoms with E-state index in [0.29, 0.717) is 12.8 Å². The predicted octanol–water partition coefficient (Wildman–Crippen LogP) is 1.72. The van der Waals surface area contributed by atoms with Crippen molar-refractivity contribution in [3.8, 4) is 0 Å². The van der Waals surface area contributed by atoms with Crippen LogP contribution in [0.15, 0.2) is 0 Å². The summed E-state index contributed by atoms with van der Waals surface area (Å²) in [6.07, 6.45) is 4.45. The first-order valence-electron chi connectivity index (χ1n) is 5.29. The van der Waals surface area contributed by atoms with Crippen LogP contribution >= 0.6 is 12.0 Å². The number of hydrogen-bond acceptors (Lipinski definition) is 6. The van der Waals surface area contributed by atoms with Crippen LogP contribution in [0.3, 0.4) is 0 Å². The molecule has 0 bridgehead atoms. The maximum atomic E-state index is 13.0. The third kappa shape index (κ3) is 5.15. The summed E-state index contributed by atoms with van der Waals surface area (Å²) in [6, 6.07) is 0. The van der Waals surface area contributed by atoms with Crippen LogP contribution in [0.25, 0.3) is 0 Å². The molecule has 0 aliphatic heterocycles. The number of halogens is 2. The van der Waals surface area contributed by atoms with Gasteiger partial charge in [-0.3, -0.25) is 5.04 Å². The van der Waals surface area contributed by atoms with E-state index < -0.39 is 29.4 Å². The third-order valence-electron chi connectivity index (χ3n) is 2.48. The molecule has 0 spiro atoms. The van der Waals surface area contributed by atoms with Crippen LogP contribution in [0.5, 0.6) is 0 Å². The summed E-state index contributed by atoms with van der Waals surface area (Å²) in [5.41, 5.74) is 0. The first-order chi connectivity index (χ1) is 8.06. The summed E-state index contributed by atoms with van der Waals surface area (Å²) in [4.78, 5) is 11.1. The summed E-state index contributed by atoms with van der Waals surface area (Å²) in [5.74, 6) is -1.70. The monoisotopic (exact) mass is 271 g/mol. The van der Waals surface area contributed by atoms with Gasteiger partial charge in [0.15, 0.2) is 0 Å². The van der Waals surface area contributed by atoms with E-state index >= 15 is 0 Å². The van der Waals surface area contributed by atoms with Gasteiger partial charge in [-0.15, -0.1) is 0 Å². The Morgan fingerprint density at radius 3 is 2.35 bits per heavy atom. The van der Waals surface area contributed by atoms with Gasteiger partial charge in [0, 0.05) is 0 Å². The zero-order chi connectivity index (χ0) is 12.7. The molecule has 0 unspecified atom stereocenters. The number of carbonyl (C=O) groups excluding carboxylic acids is 1. The molecule has 0 amide bonds. The molecule has 0 aromatic heterocycles. The molecule has 0 aromatic rings. The molecule has 1 aliphatic rings. The largest absolute Gasteiger partial charge is 0.691 e. The van der Waals surface area contributed by atoms with Gasteiger partial charge in [-0.2, -0.15) is 13.1 Å². The zero-order valence-corrected chi connectivity index (χ0v) is 9.84. The standard InChI is InChI=1S/C9H14F2O5S/c10-9(11,17-16-15-13)8(12)14-7-5-3-1-2-4-6-7/h7,13H,1-6H2/p-1. The molecule has 1 saturated carbocycles. The lowest BCUT2D eigenvalue weighted by Gasteiger charge is -2.19. The van der Waals surface area contributed by atoms with E-state index in [2.05, 4.69) is 14.1 Å². The molecule has 0 heterocycles. The molecule has 0 saturated heterocycles. The Balaban J connectivity index is 2.40. The molecular formula is C9H13F2O5S-. The fraction of sp³-hybridized carbons (Fsp3) is 0.889. The van der Waals surface area contributed by atoms with Gasteiger partial charge >= 0.3 is 11.2 Å². The van der Waals surface area contributed by atoms with Crippen LogP contribution in [0, 0.1) is 0 Å². The van der Waals surface area contributed by atoms with Crippen molar-refractivity contribution in [2.75, 3.05) is 0 Å². The Hall–Kier alpha value is -0.440. The van der Waals surface area contributed by atoms with Crippen molar-refractivity contribution in [1.29, 1.82) is 0 Å². The topological polar surface area (TPSA) is 67.8 Å². The second kappa shape index (κ2) is 7.10. The van der Waals surface area contributed by atoms with Crippen LogP contribution < -0.4 is 5.26 Å². The number of ether oxygens (including phenoxy) is 1. The lowest BCUT2D eigenvalue weighted by atomic mass is 10.1. The number of alkyl halides is 2. The van der Waals surface area contributed by atoms with Crippen molar-refractivity contribution >= 4 is 18.0 Å². The molecule has 1 fully saturated rings. The maximum Gasteiger partial charge on any atom is 0.415 e. The fourth-order valence-electron chi connectivity index (χ4n) is 1.67. The van der Waals surface area contributed by atoms with Gasteiger partial charge in [0.25, 0.3) is 0 Å². The van der Waals surface area contributed by atoms with E-state index in [0.717, 1.165) is 25.7 Å². The van der Waals surface area contributed by atoms with Crippen molar-refractivity contribution in [2.45, 2.75) is 49.9 Å². The molecule has 0 radical (unpaired) electrons. The van der Waals surface area contributed by atoms with Crippen molar-refractivity contribution < 1.29 is 32.9 Å². The molecule has 8 heteroatoms. The van der Waals surface area contributed by atoms with E-state index in [-0.39, 0.29) is 0 Å². The van der Waals surface area contributed by atoms with Crippen LogP contribution in [0.4, 0.5) is 8.78 Å². The van der Waals surface area contributed by atoms with Crippen LogP contribution in [0.2, 0.25) is 0 Å². The van der Waals surface area contributed by atoms with Crippen molar-refractivity contribution in [2.24, 2.45) is 0 Å². The van der Waals surface area contributed by atoms with Gasteiger partial charge in [0.05, 0.1) is 0 Å². The first kappa shape index (κ1) is 14.6. The molecule has 1 rings (SSSR count). The van der Waals surface area contributed by atoms with E-state index in [9.17, 15) is 18.8 Å². The summed E-state index contributed by atoms with van der Waals surface area (Å²) < 4.78 is 34.1. The minimum Gasteiger partial charge on any atom is -0.691 e. The highest BCUT2D eigenvalue weighted by Gasteiger charge is 2.44. The van der Waals surface area contributed by atoms with Crippen LogP contribution in [-0.2, 0) is 18.9 Å². The van der Waals surface area contributed by atoms with Crippen molar-refractivity contribution in [3.63, 3.8) is 0 Å². The van der Waals surface area contributed by atoms with Gasteiger partial charge in [-0.05, 0) is 25.7 Å². The first-order valence-corrected chi connectivity index (χ1v) is 6.03. The van der Waals surface area contributed by atoms with Gasteiger partial charge < -0.3 is 9.99 Å². The summed E-state index contributed by atoms with van der Waals surface area (Å²) in [6.45, 7) is 0. The Labute approximate surface area is 101 Å². The van der Waals surface area contributed by atoms with E-state index in [1.54, 1.807) is 0 Å². The van der Waals surface area contributed by atoms with Crippen molar-refractivity contribution in [1.82, 2.24) is 0 Å². The Morgan fingerprint density at radius 2 is 1.82 bits per heavy atom. The lowest BCUT2D eigenvalue weighted by Crippen LogP contribution is -2.31. The van der Waals surface area contributed by atoms with Crippen LogP contribution in [0.1, 0.15) is 38.5 Å². The normalized spacial score (nSPS) is 18.8. The minimum absolute atomic E-state index is 0.482. The highest BCUT2D eigenvalue weighted by atomic mass is 32.2. The van der Waals surface area contributed by atoms with Gasteiger partial charge in [0.2, 0.25) is 0 Å². The van der Waals surface area contributed by atoms with Crippen LogP contribution in [-0.4, -0.2) is 17.3 Å². The van der Waals surface area contributed by atoms with Gasteiger partial charge in [0.1, 0.15) is 18.1 Å². The SMILES string of the molecule is O=C(OC1CCCCCC1)C(F)(F)SOO[O-]. The zero-order valence-electron chi connectivity index (χ0n) is 9.03. The lowest BCUT2D eigenvalue weighted by molar-refractivity contribution is -0.777. The summed E-state index contributed by atoms with van der Waals surface area (Å²) in [7, 11) is 0. The maximum absolute atomic E-state index is 13.0. The number of rotatable bonds is 5. The Kier molecular flexibility index (Phi) is 6.10. The Bertz CT molecular complexity index is 244. The summed E-state index contributed by atoms with van der Waals surface area (Å²) in [5, 5.41) is 8.24. The molecule has 1 aliphatic carbocycles. The molecular weight excluding hydrogens is 258 g/mol. The number of esters is 1. The minimum atomic E-state index is -3.93. The molecule has 17 heavy (non-hydrogen) atoms. The van der Waals surface area contributed by atoms with E-state index in [1.807, 2.05) is 0 Å². The molecule has 0 aromatic carbocycles. The van der Waals surface area contributed by atoms with E-state index in [1.165, 1.54) is 0 Å². The summed E-state index contributed by atoms with van der Waals surface area (Å²) >= 11 is -0.662. The number of carbonyl (C=O) groups is 1. The average Bonchev–Trinajstić information content (AvgIpc) is 2.55. The second-order valence-electron chi connectivity index (χ2n) is 3.76. The quantitative estimate of drug-likeness (QED) is 0.249.